The van der Waals surface area contributed by atoms with Crippen LogP contribution >= 0.6 is 0 Å². The van der Waals surface area contributed by atoms with Gasteiger partial charge < -0.3 is 25.1 Å². The number of hydrogen-bond donors (Lipinski definition) is 2. The van der Waals surface area contributed by atoms with E-state index in [9.17, 15) is 18.4 Å². The Morgan fingerprint density at radius 1 is 1.08 bits per heavy atom. The van der Waals surface area contributed by atoms with Crippen molar-refractivity contribution in [1.82, 2.24) is 14.9 Å². The van der Waals surface area contributed by atoms with Crippen LogP contribution in [-0.2, 0) is 19.7 Å². The molecule has 0 bridgehead atoms. The fourth-order valence-corrected chi connectivity index (χ4v) is 5.40. The molecule has 1 saturated carbocycles. The molecule has 2 atom stereocenters. The molecule has 4 rings (SSSR count). The van der Waals surface area contributed by atoms with Crippen LogP contribution in [0.1, 0.15) is 91.1 Å². The number of hydrogen-bond acceptors (Lipinski definition) is 6. The summed E-state index contributed by atoms with van der Waals surface area (Å²) in [6.07, 6.45) is -0.438. The molecule has 8 nitrogen and oxygen atoms in total. The van der Waals surface area contributed by atoms with Crippen molar-refractivity contribution in [3.05, 3.63) is 29.3 Å². The Labute approximate surface area is 226 Å². The van der Waals surface area contributed by atoms with Crippen molar-refractivity contribution in [1.29, 1.82) is 0 Å². The lowest BCUT2D eigenvalue weighted by molar-refractivity contribution is -0.161. The maximum Gasteiger partial charge on any atom is 0.410 e. The quantitative estimate of drug-likeness (QED) is 0.468. The van der Waals surface area contributed by atoms with Gasteiger partial charge in [-0.1, -0.05) is 6.07 Å². The van der Waals surface area contributed by atoms with E-state index in [1.807, 2.05) is 0 Å². The number of aromatic amines is 1. The van der Waals surface area contributed by atoms with E-state index in [-0.39, 0.29) is 62.2 Å². The molecule has 2 heterocycles. The first-order valence-electron chi connectivity index (χ1n) is 13.4. The molecule has 0 spiro atoms. The Hall–Kier alpha value is -2.82. The van der Waals surface area contributed by atoms with Crippen molar-refractivity contribution in [2.45, 2.75) is 102 Å². The summed E-state index contributed by atoms with van der Waals surface area (Å²) < 4.78 is 54.7. The number of benzene rings is 1. The van der Waals surface area contributed by atoms with Crippen molar-refractivity contribution < 1.29 is 32.2 Å². The summed E-state index contributed by atoms with van der Waals surface area (Å²) >= 11 is 0. The second-order valence-electron chi connectivity index (χ2n) is 12.9. The third kappa shape index (κ3) is 6.18. The minimum atomic E-state index is -2.68. The van der Waals surface area contributed by atoms with E-state index in [0.717, 1.165) is 0 Å². The number of carbonyl (C=O) groups is 2. The molecule has 0 radical (unpaired) electrons. The van der Waals surface area contributed by atoms with Crippen LogP contribution < -0.4 is 5.73 Å². The van der Waals surface area contributed by atoms with Gasteiger partial charge in [0.2, 0.25) is 5.92 Å². The second kappa shape index (κ2) is 9.98. The fourth-order valence-electron chi connectivity index (χ4n) is 5.40. The normalized spacial score (nSPS) is 23.2. The van der Waals surface area contributed by atoms with Gasteiger partial charge in [-0.3, -0.25) is 4.79 Å². The Balaban J connectivity index is 1.69. The Bertz CT molecular complexity index is 1240. The van der Waals surface area contributed by atoms with Gasteiger partial charge in [0, 0.05) is 31.5 Å². The Morgan fingerprint density at radius 3 is 2.28 bits per heavy atom. The molecule has 1 saturated heterocycles. The molecule has 1 aliphatic carbocycles. The van der Waals surface area contributed by atoms with E-state index in [2.05, 4.69) is 9.97 Å². The van der Waals surface area contributed by atoms with Crippen LogP contribution in [0.4, 0.5) is 18.0 Å². The van der Waals surface area contributed by atoms with Crippen molar-refractivity contribution in [2.24, 2.45) is 11.7 Å². The maximum absolute atomic E-state index is 16.2. The van der Waals surface area contributed by atoms with Crippen LogP contribution in [0, 0.1) is 11.7 Å². The average Bonchev–Trinajstić information content (AvgIpc) is 3.43. The number of aromatic nitrogens is 2. The molecule has 11 heteroatoms. The predicted octanol–water partition coefficient (Wildman–Crippen LogP) is 5.75. The van der Waals surface area contributed by atoms with Gasteiger partial charge in [0.05, 0.1) is 11.6 Å². The highest BCUT2D eigenvalue weighted by molar-refractivity contribution is 5.88. The van der Waals surface area contributed by atoms with E-state index >= 15 is 4.39 Å². The molecule has 39 heavy (non-hydrogen) atoms. The highest BCUT2D eigenvalue weighted by Crippen LogP contribution is 2.42. The number of H-pyrrole nitrogens is 1. The number of carbonyl (C=O) groups excluding carboxylic acids is 2. The number of likely N-dealkylation sites (tertiary alicyclic amines) is 1. The predicted molar refractivity (Wildman–Crippen MR) is 140 cm³/mol. The standard InChI is InChI=1S/C28H39F3N4O4/c1-25(2,3)38-23(36)27(13-14-35(15-27)24(37)39-26(4,5)6)17-7-8-18-21(19(17)29)34-22(33-18)20(32)16-9-11-28(30,31)12-10-16/h7-8,16,20H,9-15,32H2,1-6H3,(H,33,34)/t20-,27?/m0/s1. The van der Waals surface area contributed by atoms with Crippen molar-refractivity contribution in [3.8, 4) is 0 Å². The van der Waals surface area contributed by atoms with E-state index in [0.29, 0.717) is 11.3 Å². The van der Waals surface area contributed by atoms with Crippen LogP contribution in [0.15, 0.2) is 12.1 Å². The van der Waals surface area contributed by atoms with Gasteiger partial charge in [-0.05, 0) is 72.8 Å². The summed E-state index contributed by atoms with van der Waals surface area (Å²) in [5.41, 5.74) is 3.78. The molecule has 1 aromatic heterocycles. The van der Waals surface area contributed by atoms with Gasteiger partial charge in [-0.2, -0.15) is 0 Å². The third-order valence-electron chi connectivity index (χ3n) is 7.42. The van der Waals surface area contributed by atoms with E-state index in [1.54, 1.807) is 47.6 Å². The van der Waals surface area contributed by atoms with Gasteiger partial charge in [0.1, 0.15) is 28.0 Å². The lowest BCUT2D eigenvalue weighted by atomic mass is 9.79. The summed E-state index contributed by atoms with van der Waals surface area (Å²) in [7, 11) is 0. The number of nitrogens with one attached hydrogen (secondary N) is 1. The number of rotatable bonds is 4. The molecule has 2 aliphatic rings. The van der Waals surface area contributed by atoms with Gasteiger partial charge in [-0.25, -0.2) is 22.9 Å². The largest absolute Gasteiger partial charge is 0.459 e. The van der Waals surface area contributed by atoms with Gasteiger partial charge in [-0.15, -0.1) is 0 Å². The van der Waals surface area contributed by atoms with Crippen LogP contribution in [0.2, 0.25) is 0 Å². The molecule has 1 amide bonds. The zero-order valence-corrected chi connectivity index (χ0v) is 23.5. The molecule has 2 fully saturated rings. The van der Waals surface area contributed by atoms with Crippen molar-refractivity contribution >= 4 is 23.1 Å². The zero-order valence-electron chi connectivity index (χ0n) is 23.5. The number of halogens is 3. The SMILES string of the molecule is CC(C)(C)OC(=O)N1CCC(C(=O)OC(C)(C)C)(c2ccc3[nH]c([C@@H](N)C4CCC(F)(F)CC4)nc3c2F)C1. The zero-order chi connectivity index (χ0) is 29.0. The number of amides is 1. The van der Waals surface area contributed by atoms with E-state index in [4.69, 9.17) is 15.2 Å². The van der Waals surface area contributed by atoms with Crippen molar-refractivity contribution in [2.75, 3.05) is 13.1 Å². The first-order valence-corrected chi connectivity index (χ1v) is 13.4. The smallest absolute Gasteiger partial charge is 0.410 e. The summed E-state index contributed by atoms with van der Waals surface area (Å²) in [5.74, 6) is -3.94. The fraction of sp³-hybridized carbons (Fsp3) is 0.679. The first-order chi connectivity index (χ1) is 17.9. The highest BCUT2D eigenvalue weighted by Gasteiger charge is 2.52. The molecule has 2 aromatic rings. The number of ether oxygens (including phenoxy) is 2. The van der Waals surface area contributed by atoms with Crippen LogP contribution in [-0.4, -0.2) is 57.1 Å². The number of nitrogens with two attached hydrogens (primary N) is 1. The second-order valence-corrected chi connectivity index (χ2v) is 12.9. The number of fused-ring (bicyclic) bond motifs is 1. The Morgan fingerprint density at radius 2 is 1.69 bits per heavy atom. The summed E-state index contributed by atoms with van der Waals surface area (Å²) in [6.45, 7) is 10.5. The van der Waals surface area contributed by atoms with Crippen LogP contribution in [0.3, 0.4) is 0 Å². The molecule has 1 aromatic carbocycles. The number of alkyl halides is 2. The molecular weight excluding hydrogens is 513 g/mol. The summed E-state index contributed by atoms with van der Waals surface area (Å²) in [6, 6.07) is 2.47. The van der Waals surface area contributed by atoms with Gasteiger partial charge >= 0.3 is 12.1 Å². The van der Waals surface area contributed by atoms with Gasteiger partial charge in [0.15, 0.2) is 5.82 Å². The molecular formula is C28H39F3N4O4. The third-order valence-corrected chi connectivity index (χ3v) is 7.42. The highest BCUT2D eigenvalue weighted by atomic mass is 19.3. The summed E-state index contributed by atoms with van der Waals surface area (Å²) in [5, 5.41) is 0. The first kappa shape index (κ1) is 29.2. The molecule has 1 aliphatic heterocycles. The molecule has 3 N–H and O–H groups in total. The van der Waals surface area contributed by atoms with E-state index in [1.165, 1.54) is 11.0 Å². The number of esters is 1. The number of nitrogens with zero attached hydrogens (tertiary/aromatic N) is 2. The monoisotopic (exact) mass is 552 g/mol. The minimum Gasteiger partial charge on any atom is -0.459 e. The maximum atomic E-state index is 16.2. The topological polar surface area (TPSA) is 111 Å². The van der Waals surface area contributed by atoms with Gasteiger partial charge in [0.25, 0.3) is 0 Å². The van der Waals surface area contributed by atoms with E-state index < -0.39 is 46.5 Å². The average molecular weight is 553 g/mol. The Kier molecular flexibility index (Phi) is 7.46. The van der Waals surface area contributed by atoms with Crippen LogP contribution in [0.5, 0.6) is 0 Å². The van der Waals surface area contributed by atoms with Crippen molar-refractivity contribution in [3.63, 3.8) is 0 Å². The lowest BCUT2D eigenvalue weighted by Crippen LogP contribution is -2.45. The van der Waals surface area contributed by atoms with Crippen LogP contribution in [0.25, 0.3) is 11.0 Å². The summed E-state index contributed by atoms with van der Waals surface area (Å²) in [4.78, 5) is 35.3. The lowest BCUT2D eigenvalue weighted by Gasteiger charge is -2.32. The molecule has 216 valence electrons. The minimum absolute atomic E-state index is 0.00209. The molecule has 1 unspecified atom stereocenters. The number of imidazole rings is 1.